The summed E-state index contributed by atoms with van der Waals surface area (Å²) in [5.74, 6) is 0. The topological polar surface area (TPSA) is 49.2 Å². The maximum Gasteiger partial charge on any atom is 0.525 e. The van der Waals surface area contributed by atoms with Crippen LogP contribution >= 0.6 is 0 Å². The van der Waals surface area contributed by atoms with Gasteiger partial charge < -0.3 is 9.31 Å². The Morgan fingerprint density at radius 3 is 2.42 bits per heavy atom. The number of nitrogens with zero attached hydrogens (tertiary/aromatic N) is 3. The van der Waals surface area contributed by atoms with Crippen LogP contribution in [-0.4, -0.2) is 33.1 Å². The van der Waals surface area contributed by atoms with Crippen LogP contribution in [0.1, 0.15) is 53.3 Å². The minimum atomic E-state index is -1.02. The van der Waals surface area contributed by atoms with Crippen LogP contribution < -0.4 is 0 Å². The van der Waals surface area contributed by atoms with Crippen molar-refractivity contribution in [1.29, 1.82) is 0 Å². The van der Waals surface area contributed by atoms with Gasteiger partial charge in [0.1, 0.15) is 5.73 Å². The molecular weight excluding hydrogens is 332 g/mol. The average Bonchev–Trinajstić information content (AvgIpc) is 3.07. The molecule has 26 heavy (non-hydrogen) atoms. The second kappa shape index (κ2) is 6.63. The third kappa shape index (κ3) is 3.46. The minimum absolute atomic E-state index is 0.0813. The first-order chi connectivity index (χ1) is 12.1. The second-order valence-electron chi connectivity index (χ2n) is 7.85. The van der Waals surface area contributed by atoms with E-state index in [1.807, 2.05) is 59.7 Å². The molecule has 2 aromatic rings. The lowest BCUT2D eigenvalue weighted by molar-refractivity contribution is 0.00578. The van der Waals surface area contributed by atoms with E-state index in [1.54, 1.807) is 17.1 Å². The number of rotatable bonds is 4. The molecule has 0 spiro atoms. The van der Waals surface area contributed by atoms with E-state index in [4.69, 9.17) is 9.31 Å². The van der Waals surface area contributed by atoms with E-state index in [1.165, 1.54) is 6.08 Å². The standard InChI is InChI=1S/C19H25BFN3O2/c1-13(2)24-15(10-16(23-24)14-8-7-9-22-12-14)11-17(21)20-25-18(3,4)19(5,6)26-20/h7-13H,1-6H3. The van der Waals surface area contributed by atoms with Gasteiger partial charge in [-0.25, -0.2) is 4.39 Å². The first-order valence-electron chi connectivity index (χ1n) is 8.83. The van der Waals surface area contributed by atoms with Gasteiger partial charge in [-0.1, -0.05) is 0 Å². The van der Waals surface area contributed by atoms with Crippen molar-refractivity contribution in [3.8, 4) is 11.3 Å². The lowest BCUT2D eigenvalue weighted by Crippen LogP contribution is -2.41. The van der Waals surface area contributed by atoms with Gasteiger partial charge >= 0.3 is 7.12 Å². The number of aromatic nitrogens is 3. The fourth-order valence-electron chi connectivity index (χ4n) is 2.75. The Bertz CT molecular complexity index is 799. The van der Waals surface area contributed by atoms with Gasteiger partial charge in [-0.3, -0.25) is 9.67 Å². The fourth-order valence-corrected chi connectivity index (χ4v) is 2.75. The smallest absolute Gasteiger partial charge is 0.398 e. The van der Waals surface area contributed by atoms with E-state index in [-0.39, 0.29) is 6.04 Å². The van der Waals surface area contributed by atoms with Crippen LogP contribution in [0, 0.1) is 0 Å². The molecule has 1 fully saturated rings. The molecule has 2 aromatic heterocycles. The van der Waals surface area contributed by atoms with Crippen molar-refractivity contribution in [1.82, 2.24) is 14.8 Å². The summed E-state index contributed by atoms with van der Waals surface area (Å²) in [6.45, 7) is 11.6. The molecule has 0 atom stereocenters. The zero-order valence-corrected chi connectivity index (χ0v) is 16.2. The highest BCUT2D eigenvalue weighted by Gasteiger charge is 2.53. The zero-order valence-electron chi connectivity index (χ0n) is 16.2. The van der Waals surface area contributed by atoms with Crippen molar-refractivity contribution < 1.29 is 13.7 Å². The summed E-state index contributed by atoms with van der Waals surface area (Å²) in [5, 5.41) is 4.60. The molecule has 1 aliphatic heterocycles. The third-order valence-electron chi connectivity index (χ3n) is 4.98. The van der Waals surface area contributed by atoms with E-state index >= 15 is 0 Å². The molecule has 138 valence electrons. The maximum absolute atomic E-state index is 14.9. The Morgan fingerprint density at radius 1 is 1.23 bits per heavy atom. The molecule has 0 saturated carbocycles. The molecule has 3 rings (SSSR count). The Labute approximate surface area is 154 Å². The van der Waals surface area contributed by atoms with Gasteiger partial charge in [0.05, 0.1) is 22.6 Å². The van der Waals surface area contributed by atoms with Crippen molar-refractivity contribution in [3.05, 3.63) is 42.0 Å². The molecule has 7 heteroatoms. The zero-order chi connectivity index (χ0) is 19.1. The summed E-state index contributed by atoms with van der Waals surface area (Å²) in [7, 11) is -1.02. The summed E-state index contributed by atoms with van der Waals surface area (Å²) in [6.07, 6.45) is 4.89. The van der Waals surface area contributed by atoms with Gasteiger partial charge in [0.25, 0.3) is 0 Å². The highest BCUT2D eigenvalue weighted by Crippen LogP contribution is 2.39. The van der Waals surface area contributed by atoms with Gasteiger partial charge in [0.2, 0.25) is 0 Å². The van der Waals surface area contributed by atoms with Crippen LogP contribution in [-0.2, 0) is 9.31 Å². The predicted molar refractivity (Wildman–Crippen MR) is 101 cm³/mol. The van der Waals surface area contributed by atoms with Gasteiger partial charge in [-0.15, -0.1) is 0 Å². The summed E-state index contributed by atoms with van der Waals surface area (Å²) in [6, 6.07) is 5.71. The second-order valence-corrected chi connectivity index (χ2v) is 7.85. The fraction of sp³-hybridized carbons (Fsp3) is 0.474. The molecule has 5 nitrogen and oxygen atoms in total. The monoisotopic (exact) mass is 357 g/mol. The van der Waals surface area contributed by atoms with Gasteiger partial charge in [-0.2, -0.15) is 5.10 Å². The van der Waals surface area contributed by atoms with E-state index in [0.717, 1.165) is 11.3 Å². The first kappa shape index (κ1) is 18.8. The number of pyridine rings is 1. The van der Waals surface area contributed by atoms with Crippen molar-refractivity contribution in [2.45, 2.75) is 58.8 Å². The summed E-state index contributed by atoms with van der Waals surface area (Å²) in [5.41, 5.74) is 0.663. The van der Waals surface area contributed by atoms with E-state index in [9.17, 15) is 4.39 Å². The highest BCUT2D eigenvalue weighted by molar-refractivity contribution is 6.54. The van der Waals surface area contributed by atoms with Crippen LogP contribution in [0.15, 0.2) is 36.3 Å². The maximum atomic E-state index is 14.9. The third-order valence-corrected chi connectivity index (χ3v) is 4.98. The van der Waals surface area contributed by atoms with Crippen LogP contribution in [0.3, 0.4) is 0 Å². The summed E-state index contributed by atoms with van der Waals surface area (Å²) in [4.78, 5) is 4.12. The van der Waals surface area contributed by atoms with E-state index in [0.29, 0.717) is 5.69 Å². The molecular formula is C19H25BFN3O2. The van der Waals surface area contributed by atoms with E-state index < -0.39 is 24.0 Å². The lowest BCUT2D eigenvalue weighted by Gasteiger charge is -2.32. The van der Waals surface area contributed by atoms with Crippen molar-refractivity contribution >= 4 is 13.2 Å². The van der Waals surface area contributed by atoms with Gasteiger partial charge in [0.15, 0.2) is 0 Å². The average molecular weight is 357 g/mol. The Balaban J connectivity index is 1.94. The number of hydrogen-bond donors (Lipinski definition) is 0. The van der Waals surface area contributed by atoms with Crippen LogP contribution in [0.25, 0.3) is 17.3 Å². The normalized spacial score (nSPS) is 19.4. The molecule has 1 aliphatic rings. The summed E-state index contributed by atoms with van der Waals surface area (Å²) < 4.78 is 28.2. The Morgan fingerprint density at radius 2 is 1.88 bits per heavy atom. The molecule has 0 unspecified atom stereocenters. The lowest BCUT2D eigenvalue weighted by atomic mass is 9.87. The van der Waals surface area contributed by atoms with E-state index in [2.05, 4.69) is 10.1 Å². The van der Waals surface area contributed by atoms with Crippen LogP contribution in [0.2, 0.25) is 0 Å². The van der Waals surface area contributed by atoms with Crippen molar-refractivity contribution in [2.24, 2.45) is 0 Å². The Hall–Kier alpha value is -1.99. The van der Waals surface area contributed by atoms with Crippen molar-refractivity contribution in [3.63, 3.8) is 0 Å². The molecule has 0 radical (unpaired) electrons. The molecule has 0 bridgehead atoms. The SMILES string of the molecule is CC(C)n1nc(-c2cccnc2)cc1C=C(F)B1OC(C)(C)C(C)(C)O1. The van der Waals surface area contributed by atoms with Crippen LogP contribution in [0.5, 0.6) is 0 Å². The molecule has 0 N–H and O–H groups in total. The largest absolute Gasteiger partial charge is 0.525 e. The predicted octanol–water partition coefficient (Wildman–Crippen LogP) is 4.47. The molecule has 0 aromatic carbocycles. The molecule has 0 amide bonds. The Kier molecular flexibility index (Phi) is 4.79. The molecule has 3 heterocycles. The van der Waals surface area contributed by atoms with Crippen molar-refractivity contribution in [2.75, 3.05) is 0 Å². The molecule has 1 saturated heterocycles. The van der Waals surface area contributed by atoms with Crippen LogP contribution in [0.4, 0.5) is 4.39 Å². The number of hydrogen-bond acceptors (Lipinski definition) is 4. The summed E-state index contributed by atoms with van der Waals surface area (Å²) >= 11 is 0. The minimum Gasteiger partial charge on any atom is -0.398 e. The highest BCUT2D eigenvalue weighted by atomic mass is 19.1. The molecule has 0 aliphatic carbocycles. The van der Waals surface area contributed by atoms with Gasteiger partial charge in [-0.05, 0) is 65.8 Å². The quantitative estimate of drug-likeness (QED) is 0.758. The van der Waals surface area contributed by atoms with Gasteiger partial charge in [0, 0.05) is 24.0 Å². The number of halogens is 1. The first-order valence-corrected chi connectivity index (χ1v) is 8.83.